The van der Waals surface area contributed by atoms with Crippen LogP contribution in [0, 0.1) is 0 Å². The number of phenolic OH excluding ortho intramolecular Hbond substituents is 1. The van der Waals surface area contributed by atoms with E-state index >= 15 is 0 Å². The van der Waals surface area contributed by atoms with E-state index in [0.717, 1.165) is 0 Å². The second-order valence-electron chi connectivity index (χ2n) is 2.49. The van der Waals surface area contributed by atoms with E-state index < -0.39 is 0 Å². The molecule has 0 amide bonds. The van der Waals surface area contributed by atoms with Crippen LogP contribution >= 0.6 is 0 Å². The number of aromatic amines is 1. The van der Waals surface area contributed by atoms with Crippen LogP contribution < -0.4 is 4.74 Å². The SMILES string of the molecule is Oc1ccc(Oc2ncc[nH]2)cc1. The van der Waals surface area contributed by atoms with Gasteiger partial charge in [-0.2, -0.15) is 0 Å². The third kappa shape index (κ3) is 1.79. The number of benzene rings is 1. The minimum absolute atomic E-state index is 0.215. The standard InChI is InChI=1S/C9H8N2O2/c12-7-1-3-8(4-2-7)13-9-10-5-6-11-9/h1-6,12H,(H,10,11). The largest absolute Gasteiger partial charge is 0.508 e. The Hall–Kier alpha value is -1.97. The van der Waals surface area contributed by atoms with Crippen molar-refractivity contribution in [2.24, 2.45) is 0 Å². The van der Waals surface area contributed by atoms with Gasteiger partial charge in [0.1, 0.15) is 11.5 Å². The molecular formula is C9H8N2O2. The summed E-state index contributed by atoms with van der Waals surface area (Å²) in [6, 6.07) is 6.87. The summed E-state index contributed by atoms with van der Waals surface area (Å²) in [6.45, 7) is 0. The first-order chi connectivity index (χ1) is 6.34. The molecule has 0 saturated carbocycles. The zero-order valence-electron chi connectivity index (χ0n) is 6.77. The number of nitrogens with one attached hydrogen (secondary N) is 1. The van der Waals surface area contributed by atoms with E-state index in [-0.39, 0.29) is 5.75 Å². The minimum Gasteiger partial charge on any atom is -0.508 e. The third-order valence-electron chi connectivity index (χ3n) is 1.52. The van der Waals surface area contributed by atoms with Gasteiger partial charge in [0.25, 0.3) is 6.01 Å². The van der Waals surface area contributed by atoms with Crippen LogP contribution in [-0.2, 0) is 0 Å². The Balaban J connectivity index is 2.15. The van der Waals surface area contributed by atoms with Crippen LogP contribution in [0.25, 0.3) is 0 Å². The maximum absolute atomic E-state index is 9.00. The highest BCUT2D eigenvalue weighted by Crippen LogP contribution is 2.19. The summed E-state index contributed by atoms with van der Waals surface area (Å²) < 4.78 is 5.30. The highest BCUT2D eigenvalue weighted by molar-refractivity contribution is 5.31. The van der Waals surface area contributed by atoms with Gasteiger partial charge in [0, 0.05) is 12.4 Å². The van der Waals surface area contributed by atoms with Gasteiger partial charge in [-0.1, -0.05) is 0 Å². The number of ether oxygens (including phenoxy) is 1. The van der Waals surface area contributed by atoms with Crippen LogP contribution in [0.1, 0.15) is 0 Å². The number of aromatic hydroxyl groups is 1. The number of aromatic nitrogens is 2. The molecule has 0 fully saturated rings. The Labute approximate surface area is 74.8 Å². The molecule has 0 aliphatic rings. The second kappa shape index (κ2) is 3.18. The van der Waals surface area contributed by atoms with E-state index in [1.807, 2.05) is 0 Å². The van der Waals surface area contributed by atoms with E-state index in [2.05, 4.69) is 9.97 Å². The molecule has 13 heavy (non-hydrogen) atoms. The molecule has 2 aromatic rings. The predicted molar refractivity (Wildman–Crippen MR) is 46.8 cm³/mol. The quantitative estimate of drug-likeness (QED) is 0.734. The van der Waals surface area contributed by atoms with Gasteiger partial charge in [0.15, 0.2) is 0 Å². The molecule has 0 saturated heterocycles. The van der Waals surface area contributed by atoms with Gasteiger partial charge in [-0.25, -0.2) is 4.98 Å². The number of phenols is 1. The van der Waals surface area contributed by atoms with Crippen molar-refractivity contribution in [3.05, 3.63) is 36.7 Å². The van der Waals surface area contributed by atoms with Crippen molar-refractivity contribution in [1.29, 1.82) is 0 Å². The number of hydrogen-bond acceptors (Lipinski definition) is 3. The van der Waals surface area contributed by atoms with Crippen molar-refractivity contribution >= 4 is 0 Å². The molecule has 2 N–H and O–H groups in total. The van der Waals surface area contributed by atoms with Crippen molar-refractivity contribution < 1.29 is 9.84 Å². The number of H-pyrrole nitrogens is 1. The number of hydrogen-bond donors (Lipinski definition) is 2. The predicted octanol–water partition coefficient (Wildman–Crippen LogP) is 1.91. The normalized spacial score (nSPS) is 9.85. The first kappa shape index (κ1) is 7.67. The molecule has 2 rings (SSSR count). The van der Waals surface area contributed by atoms with Crippen molar-refractivity contribution in [2.45, 2.75) is 0 Å². The molecule has 4 nitrogen and oxygen atoms in total. The molecule has 1 aromatic carbocycles. The highest BCUT2D eigenvalue weighted by atomic mass is 16.5. The Morgan fingerprint density at radius 1 is 1.23 bits per heavy atom. The van der Waals surface area contributed by atoms with E-state index in [1.54, 1.807) is 36.7 Å². The van der Waals surface area contributed by atoms with Gasteiger partial charge < -0.3 is 14.8 Å². The Morgan fingerprint density at radius 2 is 2.00 bits per heavy atom. The van der Waals surface area contributed by atoms with Crippen LogP contribution in [0.2, 0.25) is 0 Å². The molecule has 0 radical (unpaired) electrons. The zero-order chi connectivity index (χ0) is 9.10. The third-order valence-corrected chi connectivity index (χ3v) is 1.52. The smallest absolute Gasteiger partial charge is 0.299 e. The first-order valence-corrected chi connectivity index (χ1v) is 3.81. The lowest BCUT2D eigenvalue weighted by Gasteiger charge is -2.00. The van der Waals surface area contributed by atoms with Gasteiger partial charge >= 0.3 is 0 Å². The summed E-state index contributed by atoms with van der Waals surface area (Å²) in [7, 11) is 0. The summed E-state index contributed by atoms with van der Waals surface area (Å²) in [4.78, 5) is 6.70. The fourth-order valence-corrected chi connectivity index (χ4v) is 0.932. The van der Waals surface area contributed by atoms with E-state index in [4.69, 9.17) is 9.84 Å². The van der Waals surface area contributed by atoms with Crippen molar-refractivity contribution in [2.75, 3.05) is 0 Å². The lowest BCUT2D eigenvalue weighted by Crippen LogP contribution is -1.84. The maximum Gasteiger partial charge on any atom is 0.299 e. The molecule has 1 aromatic heterocycles. The number of nitrogens with zero attached hydrogens (tertiary/aromatic N) is 1. The average Bonchev–Trinajstić information content (AvgIpc) is 2.62. The Kier molecular flexibility index (Phi) is 1.88. The van der Waals surface area contributed by atoms with Crippen LogP contribution in [0.4, 0.5) is 0 Å². The summed E-state index contributed by atoms with van der Waals surface area (Å²) in [5.41, 5.74) is 0. The molecule has 0 spiro atoms. The summed E-state index contributed by atoms with van der Waals surface area (Å²) in [6.07, 6.45) is 3.28. The molecule has 0 atom stereocenters. The van der Waals surface area contributed by atoms with Crippen molar-refractivity contribution in [3.63, 3.8) is 0 Å². The van der Waals surface area contributed by atoms with Crippen LogP contribution in [0.5, 0.6) is 17.5 Å². The average molecular weight is 176 g/mol. The monoisotopic (exact) mass is 176 g/mol. The highest BCUT2D eigenvalue weighted by Gasteiger charge is 1.97. The van der Waals surface area contributed by atoms with E-state index in [9.17, 15) is 0 Å². The van der Waals surface area contributed by atoms with Gasteiger partial charge in [0.2, 0.25) is 0 Å². The maximum atomic E-state index is 9.00. The Bertz CT molecular complexity index is 367. The molecule has 0 bridgehead atoms. The van der Waals surface area contributed by atoms with Crippen LogP contribution in [0.3, 0.4) is 0 Å². The molecule has 4 heteroatoms. The van der Waals surface area contributed by atoms with Gasteiger partial charge in [-0.15, -0.1) is 0 Å². The minimum atomic E-state index is 0.215. The second-order valence-corrected chi connectivity index (χ2v) is 2.49. The Morgan fingerprint density at radius 3 is 2.62 bits per heavy atom. The lowest BCUT2D eigenvalue weighted by molar-refractivity contribution is 0.442. The van der Waals surface area contributed by atoms with Gasteiger partial charge in [0.05, 0.1) is 0 Å². The summed E-state index contributed by atoms with van der Waals surface area (Å²) >= 11 is 0. The molecular weight excluding hydrogens is 168 g/mol. The molecule has 0 aliphatic heterocycles. The van der Waals surface area contributed by atoms with Gasteiger partial charge in [-0.3, -0.25) is 0 Å². The van der Waals surface area contributed by atoms with E-state index in [0.29, 0.717) is 11.8 Å². The summed E-state index contributed by atoms with van der Waals surface area (Å²) in [5.74, 6) is 0.847. The fourth-order valence-electron chi connectivity index (χ4n) is 0.932. The van der Waals surface area contributed by atoms with E-state index in [1.165, 1.54) is 0 Å². The van der Waals surface area contributed by atoms with Crippen molar-refractivity contribution in [3.8, 4) is 17.5 Å². The topological polar surface area (TPSA) is 58.1 Å². The fraction of sp³-hybridized carbons (Fsp3) is 0. The van der Waals surface area contributed by atoms with Crippen molar-refractivity contribution in [1.82, 2.24) is 9.97 Å². The number of imidazole rings is 1. The molecule has 0 unspecified atom stereocenters. The lowest BCUT2D eigenvalue weighted by atomic mass is 10.3. The first-order valence-electron chi connectivity index (χ1n) is 3.81. The summed E-state index contributed by atoms with van der Waals surface area (Å²) in [5, 5.41) is 9.00. The van der Waals surface area contributed by atoms with Gasteiger partial charge in [-0.05, 0) is 24.3 Å². The molecule has 1 heterocycles. The van der Waals surface area contributed by atoms with Crippen LogP contribution in [0.15, 0.2) is 36.7 Å². The zero-order valence-corrected chi connectivity index (χ0v) is 6.77. The molecule has 66 valence electrons. The molecule has 0 aliphatic carbocycles. The van der Waals surface area contributed by atoms with Crippen LogP contribution in [-0.4, -0.2) is 15.1 Å². The number of rotatable bonds is 2.